The van der Waals surface area contributed by atoms with E-state index in [4.69, 9.17) is 9.15 Å². The summed E-state index contributed by atoms with van der Waals surface area (Å²) in [7, 11) is -0.379. The van der Waals surface area contributed by atoms with Gasteiger partial charge in [0.2, 0.25) is 10.0 Å². The van der Waals surface area contributed by atoms with Crippen molar-refractivity contribution >= 4 is 10.0 Å². The van der Waals surface area contributed by atoms with Crippen LogP contribution in [0.1, 0.15) is 16.9 Å². The molecule has 0 radical (unpaired) electrons. The Labute approximate surface area is 131 Å². The van der Waals surface area contributed by atoms with Gasteiger partial charge < -0.3 is 9.15 Å². The summed E-state index contributed by atoms with van der Waals surface area (Å²) in [6.45, 7) is 3.97. The number of likely N-dealkylation sites (N-methyl/N-ethyl adjacent to an activating group) is 1. The molecule has 0 aliphatic heterocycles. The predicted octanol–water partition coefficient (Wildman–Crippen LogP) is 2.77. The molecule has 0 fully saturated rings. The average Bonchev–Trinajstić information content (AvgIpc) is 2.99. The summed E-state index contributed by atoms with van der Waals surface area (Å²) in [5.74, 6) is 1.46. The minimum Gasteiger partial charge on any atom is -0.496 e. The van der Waals surface area contributed by atoms with Crippen LogP contribution in [0.3, 0.4) is 0 Å². The Morgan fingerprint density at radius 3 is 2.55 bits per heavy atom. The first-order valence-electron chi connectivity index (χ1n) is 7.00. The lowest BCUT2D eigenvalue weighted by molar-refractivity contribution is 0.410. The Kier molecular flexibility index (Phi) is 4.93. The van der Waals surface area contributed by atoms with Crippen molar-refractivity contribution in [2.45, 2.75) is 25.2 Å². The molecule has 0 saturated heterocycles. The van der Waals surface area contributed by atoms with Crippen LogP contribution in [-0.4, -0.2) is 33.4 Å². The van der Waals surface area contributed by atoms with Crippen molar-refractivity contribution in [1.29, 1.82) is 0 Å². The molecule has 2 rings (SSSR count). The number of furan rings is 1. The lowest BCUT2D eigenvalue weighted by Gasteiger charge is -2.19. The van der Waals surface area contributed by atoms with Crippen molar-refractivity contribution in [3.05, 3.63) is 47.4 Å². The first kappa shape index (κ1) is 16.6. The van der Waals surface area contributed by atoms with Crippen molar-refractivity contribution < 1.29 is 17.6 Å². The van der Waals surface area contributed by atoms with Gasteiger partial charge in [0, 0.05) is 20.0 Å². The van der Waals surface area contributed by atoms with Gasteiger partial charge in [-0.1, -0.05) is 0 Å². The van der Waals surface area contributed by atoms with E-state index in [-0.39, 0.29) is 0 Å². The zero-order valence-electron chi connectivity index (χ0n) is 13.3. The second-order valence-corrected chi connectivity index (χ2v) is 7.26. The minimum atomic E-state index is -3.53. The number of methoxy groups -OCH3 is 1. The van der Waals surface area contributed by atoms with Crippen molar-refractivity contribution in [2.24, 2.45) is 0 Å². The summed E-state index contributed by atoms with van der Waals surface area (Å²) < 4.78 is 37.3. The molecule has 1 aromatic heterocycles. The molecule has 0 aliphatic rings. The molecular weight excluding hydrogens is 302 g/mol. The zero-order valence-corrected chi connectivity index (χ0v) is 14.1. The van der Waals surface area contributed by atoms with E-state index in [1.54, 1.807) is 45.5 Å². The maximum atomic E-state index is 12.7. The summed E-state index contributed by atoms with van der Waals surface area (Å²) in [6, 6.07) is 7.04. The molecule has 0 bridgehead atoms. The topological polar surface area (TPSA) is 59.8 Å². The third-order valence-electron chi connectivity index (χ3n) is 3.63. The van der Waals surface area contributed by atoms with Crippen LogP contribution in [-0.2, 0) is 16.4 Å². The normalized spacial score (nSPS) is 11.9. The fourth-order valence-electron chi connectivity index (χ4n) is 2.27. The molecule has 0 atom stereocenters. The number of benzene rings is 1. The molecule has 0 saturated carbocycles. The lowest BCUT2D eigenvalue weighted by Crippen LogP contribution is -2.29. The maximum absolute atomic E-state index is 12.7. The van der Waals surface area contributed by atoms with Gasteiger partial charge in [-0.25, -0.2) is 12.7 Å². The van der Waals surface area contributed by atoms with E-state index in [1.807, 2.05) is 13.0 Å². The summed E-state index contributed by atoms with van der Waals surface area (Å²) in [6.07, 6.45) is 2.12. The number of rotatable bonds is 6. The fraction of sp³-hybridized carbons (Fsp3) is 0.375. The van der Waals surface area contributed by atoms with Gasteiger partial charge in [0.15, 0.2) is 0 Å². The van der Waals surface area contributed by atoms with Crippen molar-refractivity contribution in [3.63, 3.8) is 0 Å². The first-order chi connectivity index (χ1) is 10.4. The quantitative estimate of drug-likeness (QED) is 0.820. The average molecular weight is 323 g/mol. The number of hydrogen-bond donors (Lipinski definition) is 0. The van der Waals surface area contributed by atoms with E-state index in [0.29, 0.717) is 29.2 Å². The van der Waals surface area contributed by atoms with Crippen molar-refractivity contribution in [3.8, 4) is 5.75 Å². The number of sulfonamides is 1. The summed E-state index contributed by atoms with van der Waals surface area (Å²) in [5.41, 5.74) is 1.47. The molecule has 0 aliphatic carbocycles. The highest BCUT2D eigenvalue weighted by Gasteiger charge is 2.24. The van der Waals surface area contributed by atoms with Crippen molar-refractivity contribution in [2.75, 3.05) is 20.7 Å². The van der Waals surface area contributed by atoms with Gasteiger partial charge in [-0.2, -0.15) is 0 Å². The predicted molar refractivity (Wildman–Crippen MR) is 84.7 cm³/mol. The Morgan fingerprint density at radius 2 is 1.95 bits per heavy atom. The van der Waals surface area contributed by atoms with Crippen LogP contribution in [0, 0.1) is 13.8 Å². The van der Waals surface area contributed by atoms with Crippen LogP contribution in [0.15, 0.2) is 39.8 Å². The molecule has 0 N–H and O–H groups in total. The first-order valence-corrected chi connectivity index (χ1v) is 8.44. The van der Waals surface area contributed by atoms with E-state index in [1.165, 1.54) is 4.31 Å². The van der Waals surface area contributed by atoms with Crippen LogP contribution in [0.5, 0.6) is 5.75 Å². The summed E-state index contributed by atoms with van der Waals surface area (Å²) in [4.78, 5) is 0.313. The third kappa shape index (κ3) is 3.34. The second kappa shape index (κ2) is 6.54. The summed E-state index contributed by atoms with van der Waals surface area (Å²) >= 11 is 0. The largest absolute Gasteiger partial charge is 0.496 e. The molecule has 6 heteroatoms. The van der Waals surface area contributed by atoms with Crippen LogP contribution in [0.2, 0.25) is 0 Å². The Balaban J connectivity index is 2.24. The van der Waals surface area contributed by atoms with Gasteiger partial charge in [-0.3, -0.25) is 0 Å². The Bertz CT molecular complexity index is 736. The van der Waals surface area contributed by atoms with Crippen LogP contribution < -0.4 is 4.74 Å². The monoisotopic (exact) mass is 323 g/mol. The number of ether oxygens (including phenoxy) is 1. The maximum Gasteiger partial charge on any atom is 0.243 e. The molecule has 0 spiro atoms. The summed E-state index contributed by atoms with van der Waals surface area (Å²) in [5, 5.41) is 0. The smallest absolute Gasteiger partial charge is 0.243 e. The highest BCUT2D eigenvalue weighted by atomic mass is 32.2. The highest BCUT2D eigenvalue weighted by molar-refractivity contribution is 7.89. The number of nitrogens with zero attached hydrogens (tertiary/aromatic N) is 1. The van der Waals surface area contributed by atoms with E-state index in [0.717, 1.165) is 11.3 Å². The lowest BCUT2D eigenvalue weighted by atomic mass is 10.1. The zero-order chi connectivity index (χ0) is 16.3. The third-order valence-corrected chi connectivity index (χ3v) is 5.63. The molecule has 1 heterocycles. The van der Waals surface area contributed by atoms with E-state index < -0.39 is 10.0 Å². The standard InChI is InChI=1S/C16H21NO4S/c1-12-11-16(13(2)10-15(12)20-4)22(18,19)17(3)8-7-14-6-5-9-21-14/h5-6,9-11H,7-8H2,1-4H3. The number of hydrogen-bond acceptors (Lipinski definition) is 4. The van der Waals surface area contributed by atoms with Crippen molar-refractivity contribution in [1.82, 2.24) is 4.31 Å². The highest BCUT2D eigenvalue weighted by Crippen LogP contribution is 2.27. The Hall–Kier alpha value is -1.79. The van der Waals surface area contributed by atoms with Gasteiger partial charge in [0.1, 0.15) is 11.5 Å². The van der Waals surface area contributed by atoms with Crippen LogP contribution in [0.25, 0.3) is 0 Å². The van der Waals surface area contributed by atoms with E-state index in [2.05, 4.69) is 0 Å². The molecule has 0 amide bonds. The van der Waals surface area contributed by atoms with Crippen LogP contribution in [0.4, 0.5) is 0 Å². The van der Waals surface area contributed by atoms with Gasteiger partial charge in [-0.05, 0) is 49.2 Å². The molecule has 1 aromatic carbocycles. The molecule has 0 unspecified atom stereocenters. The van der Waals surface area contributed by atoms with Crippen LogP contribution >= 0.6 is 0 Å². The second-order valence-electron chi connectivity index (χ2n) is 5.24. The van der Waals surface area contributed by atoms with Gasteiger partial charge in [-0.15, -0.1) is 0 Å². The van der Waals surface area contributed by atoms with Gasteiger partial charge in [0.25, 0.3) is 0 Å². The SMILES string of the molecule is COc1cc(C)c(S(=O)(=O)N(C)CCc2ccco2)cc1C. The van der Waals surface area contributed by atoms with E-state index >= 15 is 0 Å². The van der Waals surface area contributed by atoms with Gasteiger partial charge in [0.05, 0.1) is 18.3 Å². The van der Waals surface area contributed by atoms with E-state index in [9.17, 15) is 8.42 Å². The molecule has 2 aromatic rings. The molecule has 5 nitrogen and oxygen atoms in total. The fourth-order valence-corrected chi connectivity index (χ4v) is 3.73. The minimum absolute atomic E-state index is 0.313. The molecule has 120 valence electrons. The molecule has 22 heavy (non-hydrogen) atoms. The van der Waals surface area contributed by atoms with Gasteiger partial charge >= 0.3 is 0 Å². The molecular formula is C16H21NO4S. The number of aryl methyl sites for hydroxylation is 2. The Morgan fingerprint density at radius 1 is 1.23 bits per heavy atom.